The van der Waals surface area contributed by atoms with Crippen LogP contribution < -0.4 is 4.43 Å². The minimum absolute atomic E-state index is 0.0489. The Kier molecular flexibility index (Phi) is 8.73. The summed E-state index contributed by atoms with van der Waals surface area (Å²) < 4.78 is 11.6. The molecule has 1 aromatic carbocycles. The van der Waals surface area contributed by atoms with Crippen molar-refractivity contribution in [3.8, 4) is 5.75 Å². The number of aryl methyl sites for hydroxylation is 1. The fraction of sp³-hybridized carbons (Fsp3) is 0.636. The van der Waals surface area contributed by atoms with Gasteiger partial charge >= 0.3 is 11.9 Å². The molecule has 6 heteroatoms. The first kappa shape index (κ1) is 24.2. The molecule has 0 atom stereocenters. The molecule has 158 valence electrons. The number of methoxy groups -OCH3 is 1. The maximum absolute atomic E-state index is 12.1. The highest BCUT2D eigenvalue weighted by atomic mass is 28.4. The van der Waals surface area contributed by atoms with E-state index in [4.69, 9.17) is 9.16 Å². The lowest BCUT2D eigenvalue weighted by molar-refractivity contribution is 0.0600. The molecule has 0 aromatic heterocycles. The molecule has 0 aliphatic carbocycles. The zero-order valence-electron chi connectivity index (χ0n) is 18.6. The van der Waals surface area contributed by atoms with Crippen molar-refractivity contribution < 1.29 is 23.9 Å². The first-order valence-electron chi connectivity index (χ1n) is 10.2. The van der Waals surface area contributed by atoms with Gasteiger partial charge in [0.1, 0.15) is 11.3 Å². The maximum atomic E-state index is 12.1. The van der Waals surface area contributed by atoms with Crippen LogP contribution in [0.4, 0.5) is 0 Å². The summed E-state index contributed by atoms with van der Waals surface area (Å²) in [6.07, 6.45) is 2.51. The Labute approximate surface area is 170 Å². The molecule has 0 fully saturated rings. The number of rotatable bonds is 10. The van der Waals surface area contributed by atoms with Crippen molar-refractivity contribution in [3.63, 3.8) is 0 Å². The second-order valence-electron chi connectivity index (χ2n) is 8.33. The van der Waals surface area contributed by atoms with Crippen molar-refractivity contribution in [2.45, 2.75) is 84.4 Å². The Morgan fingerprint density at radius 2 is 1.57 bits per heavy atom. The smallest absolute Gasteiger partial charge is 0.339 e. The number of benzene rings is 1. The number of hydrogen-bond donors (Lipinski definition) is 1. The molecule has 0 aliphatic rings. The van der Waals surface area contributed by atoms with E-state index in [0.29, 0.717) is 28.8 Å². The topological polar surface area (TPSA) is 72.8 Å². The third kappa shape index (κ3) is 4.96. The highest BCUT2D eigenvalue weighted by Crippen LogP contribution is 2.44. The van der Waals surface area contributed by atoms with E-state index >= 15 is 0 Å². The van der Waals surface area contributed by atoms with Gasteiger partial charge in [0.15, 0.2) is 0 Å². The van der Waals surface area contributed by atoms with E-state index in [2.05, 4.69) is 48.5 Å². The Morgan fingerprint density at radius 1 is 1.04 bits per heavy atom. The van der Waals surface area contributed by atoms with Crippen LogP contribution >= 0.6 is 0 Å². The molecule has 0 unspecified atom stereocenters. The molecular weight excluding hydrogens is 372 g/mol. The van der Waals surface area contributed by atoms with Gasteiger partial charge in [-0.2, -0.15) is 0 Å². The fourth-order valence-corrected chi connectivity index (χ4v) is 9.59. The second kappa shape index (κ2) is 10.1. The SMILES string of the molecule is CCCCc1cc(C(=O)OC)cc(C(=O)O)c1O[Si](C(C)C)(C(C)C)C(C)C. The van der Waals surface area contributed by atoms with Gasteiger partial charge in [-0.1, -0.05) is 54.9 Å². The Hall–Kier alpha value is -1.82. The average molecular weight is 409 g/mol. The predicted octanol–water partition coefficient (Wildman–Crippen LogP) is 6.07. The van der Waals surface area contributed by atoms with Crippen molar-refractivity contribution in [1.82, 2.24) is 0 Å². The molecule has 0 spiro atoms. The second-order valence-corrected chi connectivity index (χ2v) is 13.7. The van der Waals surface area contributed by atoms with Gasteiger partial charge in [0.05, 0.1) is 12.7 Å². The average Bonchev–Trinajstić information content (AvgIpc) is 2.62. The summed E-state index contributed by atoms with van der Waals surface area (Å²) in [6.45, 7) is 15.1. The van der Waals surface area contributed by atoms with E-state index in [1.54, 1.807) is 6.07 Å². The third-order valence-corrected chi connectivity index (χ3v) is 11.6. The summed E-state index contributed by atoms with van der Waals surface area (Å²) in [5.41, 5.74) is 2.02. The summed E-state index contributed by atoms with van der Waals surface area (Å²) in [5, 5.41) is 9.89. The predicted molar refractivity (Wildman–Crippen MR) is 115 cm³/mol. The van der Waals surface area contributed by atoms with Crippen LogP contribution in [0.15, 0.2) is 12.1 Å². The molecule has 0 saturated carbocycles. The molecule has 0 amide bonds. The molecule has 1 rings (SSSR count). The molecule has 0 aliphatic heterocycles. The number of carbonyl (C=O) groups excluding carboxylic acids is 1. The number of carbonyl (C=O) groups is 2. The van der Waals surface area contributed by atoms with Gasteiger partial charge in [-0.15, -0.1) is 0 Å². The standard InChI is InChI=1S/C22H36O5Si/c1-9-10-11-17-12-18(22(25)26-8)13-19(21(23)24)20(17)27-28(14(2)3,15(4)5)16(6)7/h12-16H,9-11H2,1-8H3,(H,23,24). The quantitative estimate of drug-likeness (QED) is 0.376. The van der Waals surface area contributed by atoms with Crippen LogP contribution in [0.25, 0.3) is 0 Å². The minimum Gasteiger partial charge on any atom is -0.542 e. The monoisotopic (exact) mass is 408 g/mol. The number of unbranched alkanes of at least 4 members (excludes halogenated alkanes) is 1. The van der Waals surface area contributed by atoms with Gasteiger partial charge in [0, 0.05) is 0 Å². The lowest BCUT2D eigenvalue weighted by Gasteiger charge is -2.43. The third-order valence-electron chi connectivity index (χ3n) is 5.60. The first-order valence-corrected chi connectivity index (χ1v) is 12.3. The summed E-state index contributed by atoms with van der Waals surface area (Å²) in [7, 11) is -1.05. The number of carboxylic acids is 1. The summed E-state index contributed by atoms with van der Waals surface area (Å²) >= 11 is 0. The number of hydrogen-bond acceptors (Lipinski definition) is 4. The lowest BCUT2D eigenvalue weighted by atomic mass is 10.00. The van der Waals surface area contributed by atoms with E-state index in [1.807, 2.05) is 0 Å². The summed E-state index contributed by atoms with van der Waals surface area (Å²) in [5.74, 6) is -1.18. The van der Waals surface area contributed by atoms with Crippen LogP contribution in [0, 0.1) is 0 Å². The van der Waals surface area contributed by atoms with E-state index in [1.165, 1.54) is 13.2 Å². The molecule has 1 aromatic rings. The lowest BCUT2D eigenvalue weighted by Crippen LogP contribution is -2.51. The van der Waals surface area contributed by atoms with Crippen LogP contribution in [-0.2, 0) is 11.2 Å². The van der Waals surface area contributed by atoms with Crippen LogP contribution in [-0.4, -0.2) is 32.5 Å². The van der Waals surface area contributed by atoms with Crippen LogP contribution in [0.1, 0.15) is 87.6 Å². The van der Waals surface area contributed by atoms with E-state index < -0.39 is 20.3 Å². The van der Waals surface area contributed by atoms with Crippen molar-refractivity contribution in [3.05, 3.63) is 28.8 Å². The fourth-order valence-electron chi connectivity index (χ4n) is 4.29. The molecule has 0 bridgehead atoms. The van der Waals surface area contributed by atoms with Crippen LogP contribution in [0.2, 0.25) is 16.6 Å². The summed E-state index contributed by atoms with van der Waals surface area (Å²) in [6, 6.07) is 3.13. The Balaban J connectivity index is 3.73. The number of ether oxygens (including phenoxy) is 1. The molecular formula is C22H36O5Si. The molecule has 0 radical (unpaired) electrons. The van der Waals surface area contributed by atoms with E-state index in [0.717, 1.165) is 18.4 Å². The summed E-state index contributed by atoms with van der Waals surface area (Å²) in [4.78, 5) is 24.2. The maximum Gasteiger partial charge on any atom is 0.339 e. The number of esters is 1. The van der Waals surface area contributed by atoms with Gasteiger partial charge in [-0.3, -0.25) is 0 Å². The molecule has 0 saturated heterocycles. The minimum atomic E-state index is -2.35. The van der Waals surface area contributed by atoms with Crippen molar-refractivity contribution in [2.24, 2.45) is 0 Å². The van der Waals surface area contributed by atoms with Gasteiger partial charge in [-0.05, 0) is 47.2 Å². The van der Waals surface area contributed by atoms with Crippen molar-refractivity contribution >= 4 is 20.3 Å². The molecule has 1 N–H and O–H groups in total. The van der Waals surface area contributed by atoms with Gasteiger partial charge in [-0.25, -0.2) is 9.59 Å². The van der Waals surface area contributed by atoms with Gasteiger partial charge in [0.2, 0.25) is 0 Å². The Morgan fingerprint density at radius 3 is 1.96 bits per heavy atom. The normalized spacial score (nSPS) is 12.0. The molecule has 28 heavy (non-hydrogen) atoms. The van der Waals surface area contributed by atoms with Crippen molar-refractivity contribution in [2.75, 3.05) is 7.11 Å². The number of carboxylic acid groups (broad SMARTS) is 1. The van der Waals surface area contributed by atoms with Gasteiger partial charge < -0.3 is 14.3 Å². The van der Waals surface area contributed by atoms with Crippen LogP contribution in [0.5, 0.6) is 5.75 Å². The van der Waals surface area contributed by atoms with Crippen molar-refractivity contribution in [1.29, 1.82) is 0 Å². The highest BCUT2D eigenvalue weighted by molar-refractivity contribution is 6.78. The molecule has 5 nitrogen and oxygen atoms in total. The van der Waals surface area contributed by atoms with Crippen LogP contribution in [0.3, 0.4) is 0 Å². The number of aromatic carboxylic acids is 1. The molecule has 0 heterocycles. The van der Waals surface area contributed by atoms with Gasteiger partial charge in [0.25, 0.3) is 8.32 Å². The first-order chi connectivity index (χ1) is 13.0. The highest BCUT2D eigenvalue weighted by Gasteiger charge is 2.47. The van der Waals surface area contributed by atoms with E-state index in [9.17, 15) is 14.7 Å². The zero-order valence-corrected chi connectivity index (χ0v) is 19.6. The largest absolute Gasteiger partial charge is 0.542 e. The van der Waals surface area contributed by atoms with E-state index in [-0.39, 0.29) is 11.1 Å². The zero-order chi connectivity index (χ0) is 21.6. The Bertz CT molecular complexity index is 673.